The molecule has 0 unspecified atom stereocenters. The summed E-state index contributed by atoms with van der Waals surface area (Å²) in [6.45, 7) is 0. The second kappa shape index (κ2) is 9.58. The first-order valence-corrected chi connectivity index (χ1v) is 15.3. The van der Waals surface area contributed by atoms with Crippen LogP contribution in [0.5, 0.6) is 0 Å². The average molecular weight is 590 g/mol. The Hall–Kier alpha value is -6.33. The highest BCUT2D eigenvalue weighted by Crippen LogP contribution is 2.38. The fourth-order valence-corrected chi connectivity index (χ4v) is 6.65. The van der Waals surface area contributed by atoms with Gasteiger partial charge in [-0.15, -0.1) is 0 Å². The highest BCUT2D eigenvalue weighted by atomic mass is 16.3. The van der Waals surface area contributed by atoms with Crippen LogP contribution in [0, 0.1) is 0 Å². The molecule has 0 spiro atoms. The van der Waals surface area contributed by atoms with Gasteiger partial charge in [0, 0.05) is 38.2 Å². The Bertz CT molecular complexity index is 2830. The molecule has 7 aromatic carbocycles. The van der Waals surface area contributed by atoms with Gasteiger partial charge in [-0.1, -0.05) is 97.1 Å². The van der Waals surface area contributed by atoms with Crippen LogP contribution in [0.4, 0.5) is 0 Å². The quantitative estimate of drug-likeness (QED) is 0.205. The molecule has 5 heteroatoms. The van der Waals surface area contributed by atoms with Gasteiger partial charge >= 0.3 is 0 Å². The summed E-state index contributed by atoms with van der Waals surface area (Å²) in [6, 6.07) is 47.6. The second-order valence-corrected chi connectivity index (χ2v) is 11.7. The first-order valence-electron chi connectivity index (χ1n) is 15.3. The molecule has 0 saturated heterocycles. The minimum Gasteiger partial charge on any atom is -0.456 e. The van der Waals surface area contributed by atoms with E-state index in [4.69, 9.17) is 23.8 Å². The Morgan fingerprint density at radius 3 is 1.76 bits per heavy atom. The van der Waals surface area contributed by atoms with Crippen molar-refractivity contribution in [3.05, 3.63) is 140 Å². The summed E-state index contributed by atoms with van der Waals surface area (Å²) >= 11 is 0. The molecule has 3 heterocycles. The predicted molar refractivity (Wildman–Crippen MR) is 186 cm³/mol. The zero-order valence-electron chi connectivity index (χ0n) is 24.4. The van der Waals surface area contributed by atoms with Crippen molar-refractivity contribution in [1.29, 1.82) is 0 Å². The molecule has 0 bridgehead atoms. The molecule has 0 atom stereocenters. The van der Waals surface area contributed by atoms with Crippen LogP contribution in [0.1, 0.15) is 0 Å². The Morgan fingerprint density at radius 2 is 0.935 bits per heavy atom. The summed E-state index contributed by atoms with van der Waals surface area (Å²) in [6.07, 6.45) is 0. The van der Waals surface area contributed by atoms with Crippen LogP contribution in [0.3, 0.4) is 0 Å². The van der Waals surface area contributed by atoms with Gasteiger partial charge in [-0.3, -0.25) is 0 Å². The topological polar surface area (TPSA) is 65.0 Å². The molecular weight excluding hydrogens is 566 g/mol. The molecule has 0 N–H and O–H groups in total. The van der Waals surface area contributed by atoms with Gasteiger partial charge in [-0.2, -0.15) is 0 Å². The molecule has 0 saturated carbocycles. The zero-order chi connectivity index (χ0) is 30.2. The smallest absolute Gasteiger partial charge is 0.164 e. The number of furan rings is 2. The monoisotopic (exact) mass is 589 g/mol. The van der Waals surface area contributed by atoms with Crippen LogP contribution < -0.4 is 0 Å². The van der Waals surface area contributed by atoms with Gasteiger partial charge in [-0.05, 0) is 64.0 Å². The fourth-order valence-electron chi connectivity index (χ4n) is 6.65. The molecule has 0 radical (unpaired) electrons. The van der Waals surface area contributed by atoms with Crippen molar-refractivity contribution < 1.29 is 8.83 Å². The van der Waals surface area contributed by atoms with Crippen LogP contribution in [0.15, 0.2) is 148 Å². The van der Waals surface area contributed by atoms with Gasteiger partial charge in [0.25, 0.3) is 0 Å². The minimum atomic E-state index is 0.596. The molecule has 0 amide bonds. The van der Waals surface area contributed by atoms with Crippen LogP contribution in [-0.4, -0.2) is 15.0 Å². The van der Waals surface area contributed by atoms with E-state index in [1.54, 1.807) is 0 Å². The van der Waals surface area contributed by atoms with Crippen molar-refractivity contribution in [2.45, 2.75) is 0 Å². The summed E-state index contributed by atoms with van der Waals surface area (Å²) < 4.78 is 12.4. The largest absolute Gasteiger partial charge is 0.456 e. The Labute approximate surface area is 262 Å². The molecule has 10 rings (SSSR count). The Kier molecular flexibility index (Phi) is 5.22. The highest BCUT2D eigenvalue weighted by Gasteiger charge is 2.18. The van der Waals surface area contributed by atoms with Crippen molar-refractivity contribution >= 4 is 65.4 Å². The van der Waals surface area contributed by atoms with Crippen molar-refractivity contribution in [2.24, 2.45) is 0 Å². The van der Waals surface area contributed by atoms with Gasteiger partial charge < -0.3 is 8.83 Å². The number of para-hydroxylation sites is 2. The maximum Gasteiger partial charge on any atom is 0.164 e. The molecule has 46 heavy (non-hydrogen) atoms. The lowest BCUT2D eigenvalue weighted by atomic mass is 10.0. The standard InChI is InChI=1S/C41H23N3O2/c1-2-9-25-20-27(18-16-24(25)8-1)39-42-40(44-41(43-39)32-12-7-15-36-38(32)31-11-4-6-14-35(31)45-36)28-19-17-26-22-33-30-10-3-5-13-34(30)46-37(33)23-29(26)21-28/h1-23H. The number of rotatable bonds is 3. The number of aromatic nitrogens is 3. The van der Waals surface area contributed by atoms with Gasteiger partial charge in [-0.25, -0.2) is 15.0 Å². The Morgan fingerprint density at radius 1 is 0.348 bits per heavy atom. The normalized spacial score (nSPS) is 11.9. The van der Waals surface area contributed by atoms with Crippen molar-refractivity contribution in [2.75, 3.05) is 0 Å². The minimum absolute atomic E-state index is 0.596. The lowest BCUT2D eigenvalue weighted by Crippen LogP contribution is -2.00. The van der Waals surface area contributed by atoms with E-state index in [1.807, 2.05) is 48.5 Å². The summed E-state index contributed by atoms with van der Waals surface area (Å²) in [5.41, 5.74) is 6.11. The maximum atomic E-state index is 6.22. The van der Waals surface area contributed by atoms with E-state index in [9.17, 15) is 0 Å². The molecule has 0 aliphatic rings. The summed E-state index contributed by atoms with van der Waals surface area (Å²) in [5, 5.41) is 8.73. The molecule has 214 valence electrons. The molecular formula is C41H23N3O2. The zero-order valence-corrected chi connectivity index (χ0v) is 24.4. The van der Waals surface area contributed by atoms with Crippen molar-refractivity contribution in [3.63, 3.8) is 0 Å². The highest BCUT2D eigenvalue weighted by molar-refractivity contribution is 6.12. The van der Waals surface area contributed by atoms with E-state index in [-0.39, 0.29) is 0 Å². The first kappa shape index (κ1) is 25.0. The van der Waals surface area contributed by atoms with E-state index in [0.29, 0.717) is 17.5 Å². The first-order chi connectivity index (χ1) is 22.7. The van der Waals surface area contributed by atoms with Crippen molar-refractivity contribution in [1.82, 2.24) is 15.0 Å². The van der Waals surface area contributed by atoms with E-state index >= 15 is 0 Å². The van der Waals surface area contributed by atoms with E-state index in [0.717, 1.165) is 76.7 Å². The Balaban J connectivity index is 1.21. The third-order valence-electron chi connectivity index (χ3n) is 8.88. The summed E-state index contributed by atoms with van der Waals surface area (Å²) in [4.78, 5) is 15.3. The summed E-state index contributed by atoms with van der Waals surface area (Å²) in [5.74, 6) is 1.81. The number of benzene rings is 7. The number of fused-ring (bicyclic) bond motifs is 8. The molecule has 10 aromatic rings. The molecule has 0 aliphatic carbocycles. The molecule has 0 aliphatic heterocycles. The van der Waals surface area contributed by atoms with Crippen molar-refractivity contribution in [3.8, 4) is 34.2 Å². The van der Waals surface area contributed by atoms with Crippen LogP contribution in [0.25, 0.3) is 99.6 Å². The van der Waals surface area contributed by atoms with Crippen LogP contribution in [-0.2, 0) is 0 Å². The van der Waals surface area contributed by atoms with Crippen LogP contribution >= 0.6 is 0 Å². The lowest BCUT2D eigenvalue weighted by Gasteiger charge is -2.10. The van der Waals surface area contributed by atoms with Gasteiger partial charge in [0.05, 0.1) is 0 Å². The van der Waals surface area contributed by atoms with E-state index < -0.39 is 0 Å². The van der Waals surface area contributed by atoms with Crippen LogP contribution in [0.2, 0.25) is 0 Å². The van der Waals surface area contributed by atoms with Gasteiger partial charge in [0.1, 0.15) is 22.3 Å². The number of hydrogen-bond acceptors (Lipinski definition) is 5. The third-order valence-corrected chi connectivity index (χ3v) is 8.88. The molecule has 5 nitrogen and oxygen atoms in total. The molecule has 0 fully saturated rings. The number of nitrogens with zero attached hydrogens (tertiary/aromatic N) is 3. The average Bonchev–Trinajstić information content (AvgIpc) is 3.68. The summed E-state index contributed by atoms with van der Waals surface area (Å²) in [7, 11) is 0. The predicted octanol–water partition coefficient (Wildman–Crippen LogP) is 11.0. The fraction of sp³-hybridized carbons (Fsp3) is 0. The molecule has 3 aromatic heterocycles. The van der Waals surface area contributed by atoms with E-state index in [1.165, 1.54) is 5.39 Å². The maximum absolute atomic E-state index is 6.22. The third kappa shape index (κ3) is 3.85. The van der Waals surface area contributed by atoms with Gasteiger partial charge in [0.15, 0.2) is 17.5 Å². The number of hydrogen-bond donors (Lipinski definition) is 0. The SMILES string of the molecule is c1ccc2cc(-c3nc(-c4ccc5cc6c(cc5c4)oc4ccccc46)nc(-c4cccc5oc6ccccc6c45)n3)ccc2c1. The second-order valence-electron chi connectivity index (χ2n) is 11.7. The van der Waals surface area contributed by atoms with Gasteiger partial charge in [0.2, 0.25) is 0 Å². The lowest BCUT2D eigenvalue weighted by molar-refractivity contribution is 0.669. The van der Waals surface area contributed by atoms with E-state index in [2.05, 4.69) is 91.0 Å².